The second-order valence-corrected chi connectivity index (χ2v) is 4.74. The van der Waals surface area contributed by atoms with Crippen LogP contribution in [0.3, 0.4) is 0 Å². The smallest absolute Gasteiger partial charge is 0.246 e. The minimum atomic E-state index is -0.306. The van der Waals surface area contributed by atoms with E-state index in [4.69, 9.17) is 0 Å². The van der Waals surface area contributed by atoms with E-state index < -0.39 is 0 Å². The van der Waals surface area contributed by atoms with Gasteiger partial charge in [-0.2, -0.15) is 0 Å². The summed E-state index contributed by atoms with van der Waals surface area (Å²) in [5, 5.41) is 3.10. The van der Waals surface area contributed by atoms with Crippen LogP contribution in [0.2, 0.25) is 0 Å². The third kappa shape index (κ3) is 3.41. The first-order valence-corrected chi connectivity index (χ1v) is 6.60. The first kappa shape index (κ1) is 13.7. The van der Waals surface area contributed by atoms with E-state index in [0.717, 1.165) is 25.9 Å². The van der Waals surface area contributed by atoms with Gasteiger partial charge in [0.15, 0.2) is 0 Å². The van der Waals surface area contributed by atoms with Crippen molar-refractivity contribution in [2.75, 3.05) is 20.1 Å². The van der Waals surface area contributed by atoms with Crippen LogP contribution in [0.1, 0.15) is 18.4 Å². The van der Waals surface area contributed by atoms with Crippen molar-refractivity contribution in [3.63, 3.8) is 0 Å². The lowest BCUT2D eigenvalue weighted by molar-refractivity contribution is -0.126. The summed E-state index contributed by atoms with van der Waals surface area (Å²) in [5.41, 5.74) is 0.445. The van der Waals surface area contributed by atoms with Crippen LogP contribution in [0, 0.1) is 5.82 Å². The number of halogens is 1. The molecule has 1 aliphatic heterocycles. The lowest BCUT2D eigenvalue weighted by Gasteiger charge is -2.23. The molecule has 4 heteroatoms. The normalized spacial score (nSPS) is 19.3. The number of hydrogen-bond acceptors (Lipinski definition) is 2. The summed E-state index contributed by atoms with van der Waals surface area (Å²) in [6.07, 6.45) is 5.07. The minimum absolute atomic E-state index is 0.0407. The quantitative estimate of drug-likeness (QED) is 0.842. The Balaban J connectivity index is 2.03. The van der Waals surface area contributed by atoms with Crippen molar-refractivity contribution < 1.29 is 9.18 Å². The van der Waals surface area contributed by atoms with E-state index in [1.807, 2.05) is 11.9 Å². The number of nitrogens with zero attached hydrogens (tertiary/aromatic N) is 1. The molecule has 0 aliphatic carbocycles. The fourth-order valence-electron chi connectivity index (χ4n) is 2.44. The van der Waals surface area contributed by atoms with Gasteiger partial charge in [0.05, 0.1) is 0 Å². The van der Waals surface area contributed by atoms with Crippen molar-refractivity contribution >= 4 is 12.0 Å². The van der Waals surface area contributed by atoms with Crippen LogP contribution in [0.4, 0.5) is 4.39 Å². The van der Waals surface area contributed by atoms with E-state index in [1.54, 1.807) is 24.3 Å². The average Bonchev–Trinajstić information content (AvgIpc) is 2.86. The molecule has 0 spiro atoms. The maximum atomic E-state index is 13.4. The number of carbonyl (C=O) groups is 1. The molecule has 1 N–H and O–H groups in total. The number of likely N-dealkylation sites (tertiary alicyclic amines) is 1. The number of likely N-dealkylation sites (N-methyl/N-ethyl adjacent to an activating group) is 1. The van der Waals surface area contributed by atoms with Crippen molar-refractivity contribution in [3.8, 4) is 0 Å². The summed E-state index contributed by atoms with van der Waals surface area (Å²) in [7, 11) is 1.89. The maximum absolute atomic E-state index is 13.4. The lowest BCUT2D eigenvalue weighted by atomic mass is 10.2. The first-order valence-electron chi connectivity index (χ1n) is 6.60. The van der Waals surface area contributed by atoms with Gasteiger partial charge in [0, 0.05) is 30.8 Å². The van der Waals surface area contributed by atoms with Crippen LogP contribution in [0.25, 0.3) is 6.08 Å². The number of hydrogen-bond donors (Lipinski definition) is 1. The van der Waals surface area contributed by atoms with Gasteiger partial charge in [-0.3, -0.25) is 4.79 Å². The molecule has 1 aromatic rings. The second-order valence-electron chi connectivity index (χ2n) is 4.74. The lowest BCUT2D eigenvalue weighted by Crippen LogP contribution is -2.39. The first-order chi connectivity index (χ1) is 9.22. The van der Waals surface area contributed by atoms with E-state index in [-0.39, 0.29) is 17.8 Å². The van der Waals surface area contributed by atoms with E-state index in [2.05, 4.69) is 5.32 Å². The van der Waals surface area contributed by atoms with Crippen LogP contribution in [0.15, 0.2) is 30.3 Å². The standard InChI is InChI=1S/C15H19FN2O/c1-17-11-13-6-4-10-18(13)15(19)9-8-12-5-2-3-7-14(12)16/h2-3,5,7-9,13,17H,4,6,10-11H2,1H3/b9-8+. The van der Waals surface area contributed by atoms with Gasteiger partial charge >= 0.3 is 0 Å². The molecular weight excluding hydrogens is 243 g/mol. The number of rotatable bonds is 4. The number of carbonyl (C=O) groups excluding carboxylic acids is 1. The van der Waals surface area contributed by atoms with Crippen LogP contribution in [-0.4, -0.2) is 37.0 Å². The van der Waals surface area contributed by atoms with Crippen LogP contribution < -0.4 is 5.32 Å². The van der Waals surface area contributed by atoms with E-state index in [0.29, 0.717) is 5.56 Å². The fraction of sp³-hybridized carbons (Fsp3) is 0.400. The molecule has 1 unspecified atom stereocenters. The molecule has 1 fully saturated rings. The molecule has 19 heavy (non-hydrogen) atoms. The maximum Gasteiger partial charge on any atom is 0.246 e. The van der Waals surface area contributed by atoms with E-state index >= 15 is 0 Å². The Morgan fingerprint density at radius 3 is 3.05 bits per heavy atom. The number of benzene rings is 1. The van der Waals surface area contributed by atoms with Gasteiger partial charge < -0.3 is 10.2 Å². The van der Waals surface area contributed by atoms with Gasteiger partial charge in [0.1, 0.15) is 5.82 Å². The molecule has 0 aromatic heterocycles. The molecule has 1 atom stereocenters. The van der Waals surface area contributed by atoms with Crippen molar-refractivity contribution in [1.82, 2.24) is 10.2 Å². The highest BCUT2D eigenvalue weighted by atomic mass is 19.1. The minimum Gasteiger partial charge on any atom is -0.335 e. The van der Waals surface area contributed by atoms with Crippen molar-refractivity contribution in [2.45, 2.75) is 18.9 Å². The topological polar surface area (TPSA) is 32.3 Å². The average molecular weight is 262 g/mol. The molecule has 3 nitrogen and oxygen atoms in total. The molecule has 1 saturated heterocycles. The van der Waals surface area contributed by atoms with Gasteiger partial charge in [0.25, 0.3) is 0 Å². The zero-order chi connectivity index (χ0) is 13.7. The molecule has 102 valence electrons. The molecule has 1 aromatic carbocycles. The van der Waals surface area contributed by atoms with Crippen LogP contribution in [-0.2, 0) is 4.79 Å². The van der Waals surface area contributed by atoms with Gasteiger partial charge in [-0.25, -0.2) is 4.39 Å². The van der Waals surface area contributed by atoms with E-state index in [9.17, 15) is 9.18 Å². The molecule has 0 radical (unpaired) electrons. The van der Waals surface area contributed by atoms with Crippen molar-refractivity contribution in [1.29, 1.82) is 0 Å². The summed E-state index contributed by atoms with van der Waals surface area (Å²) in [5.74, 6) is -0.347. The number of amides is 1. The highest BCUT2D eigenvalue weighted by molar-refractivity contribution is 5.92. The monoisotopic (exact) mass is 262 g/mol. The highest BCUT2D eigenvalue weighted by Gasteiger charge is 2.26. The third-order valence-corrected chi connectivity index (χ3v) is 3.41. The Kier molecular flexibility index (Phi) is 4.68. The summed E-state index contributed by atoms with van der Waals surface area (Å²) >= 11 is 0. The summed E-state index contributed by atoms with van der Waals surface area (Å²) in [6.45, 7) is 1.59. The highest BCUT2D eigenvalue weighted by Crippen LogP contribution is 2.17. The zero-order valence-electron chi connectivity index (χ0n) is 11.1. The molecule has 0 bridgehead atoms. The van der Waals surface area contributed by atoms with Gasteiger partial charge in [0.2, 0.25) is 5.91 Å². The largest absolute Gasteiger partial charge is 0.335 e. The van der Waals surface area contributed by atoms with E-state index in [1.165, 1.54) is 12.1 Å². The number of nitrogens with one attached hydrogen (secondary N) is 1. The Hall–Kier alpha value is -1.68. The Morgan fingerprint density at radius 1 is 1.53 bits per heavy atom. The van der Waals surface area contributed by atoms with Crippen molar-refractivity contribution in [3.05, 3.63) is 41.7 Å². The Morgan fingerprint density at radius 2 is 2.32 bits per heavy atom. The molecular formula is C15H19FN2O. The molecule has 1 heterocycles. The molecule has 2 rings (SSSR count). The van der Waals surface area contributed by atoms with Gasteiger partial charge in [-0.05, 0) is 32.0 Å². The van der Waals surface area contributed by atoms with Gasteiger partial charge in [-0.15, -0.1) is 0 Å². The van der Waals surface area contributed by atoms with Gasteiger partial charge in [-0.1, -0.05) is 18.2 Å². The summed E-state index contributed by atoms with van der Waals surface area (Å²) < 4.78 is 13.4. The summed E-state index contributed by atoms with van der Waals surface area (Å²) in [6, 6.07) is 6.70. The predicted molar refractivity (Wildman–Crippen MR) is 74.1 cm³/mol. The second kappa shape index (κ2) is 6.48. The molecule has 1 aliphatic rings. The SMILES string of the molecule is CNCC1CCCN1C(=O)/C=C/c1ccccc1F. The molecule has 0 saturated carbocycles. The Labute approximate surface area is 113 Å². The fourth-order valence-corrected chi connectivity index (χ4v) is 2.44. The summed E-state index contributed by atoms with van der Waals surface area (Å²) in [4.78, 5) is 14.0. The van der Waals surface area contributed by atoms with Crippen molar-refractivity contribution in [2.24, 2.45) is 0 Å². The van der Waals surface area contributed by atoms with Crippen LogP contribution in [0.5, 0.6) is 0 Å². The third-order valence-electron chi connectivity index (χ3n) is 3.41. The van der Waals surface area contributed by atoms with Crippen LogP contribution >= 0.6 is 0 Å². The Bertz CT molecular complexity index is 473. The molecule has 1 amide bonds. The zero-order valence-corrected chi connectivity index (χ0v) is 11.1. The predicted octanol–water partition coefficient (Wildman–Crippen LogP) is 2.05.